The molecule has 0 aliphatic rings. The SMILES string of the molecule is Cc1nc2cc[c]c(C(N)=O)c2nc1C. The molecular formula is C11H10N3O. The van der Waals surface area contributed by atoms with Gasteiger partial charge in [0.1, 0.15) is 5.52 Å². The summed E-state index contributed by atoms with van der Waals surface area (Å²) < 4.78 is 0. The lowest BCUT2D eigenvalue weighted by Gasteiger charge is -2.04. The fourth-order valence-corrected chi connectivity index (χ4v) is 1.38. The summed E-state index contributed by atoms with van der Waals surface area (Å²) in [6, 6.07) is 6.18. The second-order valence-corrected chi connectivity index (χ2v) is 3.35. The Balaban J connectivity index is 2.86. The van der Waals surface area contributed by atoms with E-state index in [-0.39, 0.29) is 0 Å². The minimum atomic E-state index is -0.529. The van der Waals surface area contributed by atoms with Crippen LogP contribution in [0.2, 0.25) is 0 Å². The normalized spacial score (nSPS) is 10.5. The molecule has 0 spiro atoms. The number of primary amides is 1. The average molecular weight is 200 g/mol. The van der Waals surface area contributed by atoms with Crippen LogP contribution in [0.1, 0.15) is 21.7 Å². The Kier molecular flexibility index (Phi) is 2.11. The smallest absolute Gasteiger partial charge is 0.251 e. The van der Waals surface area contributed by atoms with E-state index in [0.717, 1.165) is 11.4 Å². The number of carbonyl (C=O) groups is 1. The summed E-state index contributed by atoms with van der Waals surface area (Å²) in [6.45, 7) is 3.72. The van der Waals surface area contributed by atoms with Gasteiger partial charge in [0.2, 0.25) is 0 Å². The van der Waals surface area contributed by atoms with Crippen molar-refractivity contribution in [1.29, 1.82) is 0 Å². The number of aryl methyl sites for hydroxylation is 2. The lowest BCUT2D eigenvalue weighted by atomic mass is 10.1. The minimum absolute atomic E-state index is 0.295. The highest BCUT2D eigenvalue weighted by atomic mass is 16.1. The highest BCUT2D eigenvalue weighted by Crippen LogP contribution is 2.15. The van der Waals surface area contributed by atoms with Crippen LogP contribution in [0.25, 0.3) is 11.0 Å². The van der Waals surface area contributed by atoms with Gasteiger partial charge in [0.05, 0.1) is 22.5 Å². The molecule has 2 N–H and O–H groups in total. The summed E-state index contributed by atoms with van der Waals surface area (Å²) >= 11 is 0. The molecule has 4 nitrogen and oxygen atoms in total. The van der Waals surface area contributed by atoms with Crippen LogP contribution in [0.5, 0.6) is 0 Å². The van der Waals surface area contributed by atoms with Crippen molar-refractivity contribution >= 4 is 16.9 Å². The Morgan fingerprint density at radius 2 is 2.00 bits per heavy atom. The quantitative estimate of drug-likeness (QED) is 0.750. The van der Waals surface area contributed by atoms with Crippen molar-refractivity contribution < 1.29 is 4.79 Å². The Bertz CT molecular complexity index is 549. The third kappa shape index (κ3) is 1.54. The number of carbonyl (C=O) groups excluding carboxylic acids is 1. The van der Waals surface area contributed by atoms with Gasteiger partial charge in [0.25, 0.3) is 5.91 Å². The van der Waals surface area contributed by atoms with Gasteiger partial charge in [-0.2, -0.15) is 0 Å². The number of amides is 1. The van der Waals surface area contributed by atoms with E-state index in [1.54, 1.807) is 12.1 Å². The molecule has 1 amide bonds. The van der Waals surface area contributed by atoms with Crippen LogP contribution in [0, 0.1) is 19.9 Å². The number of hydrogen-bond donors (Lipinski definition) is 1. The minimum Gasteiger partial charge on any atom is -0.366 e. The molecule has 4 heteroatoms. The van der Waals surface area contributed by atoms with Crippen LogP contribution >= 0.6 is 0 Å². The van der Waals surface area contributed by atoms with Gasteiger partial charge in [-0.15, -0.1) is 0 Å². The van der Waals surface area contributed by atoms with E-state index in [4.69, 9.17) is 5.73 Å². The fourth-order valence-electron chi connectivity index (χ4n) is 1.38. The van der Waals surface area contributed by atoms with Gasteiger partial charge in [0, 0.05) is 0 Å². The van der Waals surface area contributed by atoms with E-state index in [1.807, 2.05) is 13.8 Å². The van der Waals surface area contributed by atoms with E-state index >= 15 is 0 Å². The van der Waals surface area contributed by atoms with Crippen molar-refractivity contribution in [3.05, 3.63) is 35.2 Å². The van der Waals surface area contributed by atoms with Gasteiger partial charge in [0.15, 0.2) is 0 Å². The number of benzene rings is 1. The maximum absolute atomic E-state index is 11.1. The first kappa shape index (κ1) is 9.58. The fraction of sp³-hybridized carbons (Fsp3) is 0.182. The average Bonchev–Trinajstić information content (AvgIpc) is 2.18. The maximum atomic E-state index is 11.1. The molecular weight excluding hydrogens is 190 g/mol. The molecule has 2 aromatic rings. The topological polar surface area (TPSA) is 68.9 Å². The summed E-state index contributed by atoms with van der Waals surface area (Å²) in [5.41, 5.74) is 8.36. The second-order valence-electron chi connectivity index (χ2n) is 3.35. The van der Waals surface area contributed by atoms with Crippen LogP contribution in [0.4, 0.5) is 0 Å². The van der Waals surface area contributed by atoms with Crippen molar-refractivity contribution in [3.8, 4) is 0 Å². The molecule has 1 aromatic carbocycles. The van der Waals surface area contributed by atoms with Crippen molar-refractivity contribution in [3.63, 3.8) is 0 Å². The summed E-state index contributed by atoms with van der Waals surface area (Å²) in [7, 11) is 0. The van der Waals surface area contributed by atoms with E-state index < -0.39 is 5.91 Å². The number of nitrogens with two attached hydrogens (primary N) is 1. The number of rotatable bonds is 1. The van der Waals surface area contributed by atoms with E-state index in [1.165, 1.54) is 0 Å². The van der Waals surface area contributed by atoms with Crippen LogP contribution in [0.15, 0.2) is 12.1 Å². The molecule has 75 valence electrons. The first-order chi connectivity index (χ1) is 7.09. The molecule has 0 aliphatic carbocycles. The monoisotopic (exact) mass is 200 g/mol. The Morgan fingerprint density at radius 3 is 2.67 bits per heavy atom. The predicted octanol–water partition coefficient (Wildman–Crippen LogP) is 1.15. The zero-order chi connectivity index (χ0) is 11.0. The molecule has 0 unspecified atom stereocenters. The Morgan fingerprint density at radius 1 is 1.33 bits per heavy atom. The first-order valence-electron chi connectivity index (χ1n) is 4.55. The molecule has 0 atom stereocenters. The molecule has 1 aromatic heterocycles. The molecule has 0 saturated carbocycles. The standard InChI is InChI=1S/C11H10N3O/c1-6-7(2)14-10-8(11(12)15)4-3-5-9(10)13-6/h3,5H,1-2H3,(H2,12,15). The van der Waals surface area contributed by atoms with Crippen molar-refractivity contribution in [1.82, 2.24) is 9.97 Å². The van der Waals surface area contributed by atoms with Crippen molar-refractivity contribution in [2.45, 2.75) is 13.8 Å². The molecule has 1 radical (unpaired) electrons. The number of aromatic nitrogens is 2. The van der Waals surface area contributed by atoms with Crippen molar-refractivity contribution in [2.24, 2.45) is 5.73 Å². The molecule has 0 fully saturated rings. The largest absolute Gasteiger partial charge is 0.366 e. The predicted molar refractivity (Wildman–Crippen MR) is 56.4 cm³/mol. The third-order valence-electron chi connectivity index (χ3n) is 2.29. The van der Waals surface area contributed by atoms with E-state index in [2.05, 4.69) is 16.0 Å². The molecule has 1 heterocycles. The highest BCUT2D eigenvalue weighted by Gasteiger charge is 2.09. The molecule has 0 aliphatic heterocycles. The van der Waals surface area contributed by atoms with E-state index in [0.29, 0.717) is 16.6 Å². The molecule has 15 heavy (non-hydrogen) atoms. The lowest BCUT2D eigenvalue weighted by molar-refractivity contribution is 0.100. The summed E-state index contributed by atoms with van der Waals surface area (Å²) in [4.78, 5) is 19.8. The maximum Gasteiger partial charge on any atom is 0.251 e. The molecule has 2 rings (SSSR count). The van der Waals surface area contributed by atoms with Crippen LogP contribution in [-0.2, 0) is 0 Å². The van der Waals surface area contributed by atoms with Gasteiger partial charge < -0.3 is 5.73 Å². The Hall–Kier alpha value is -1.97. The number of nitrogens with zero attached hydrogens (tertiary/aromatic N) is 2. The summed E-state index contributed by atoms with van der Waals surface area (Å²) in [5.74, 6) is -0.529. The van der Waals surface area contributed by atoms with Gasteiger partial charge in [-0.25, -0.2) is 9.97 Å². The van der Waals surface area contributed by atoms with Crippen LogP contribution < -0.4 is 5.73 Å². The molecule has 0 bridgehead atoms. The van der Waals surface area contributed by atoms with Gasteiger partial charge in [-0.05, 0) is 26.0 Å². The zero-order valence-electron chi connectivity index (χ0n) is 8.53. The Labute approximate surface area is 87.1 Å². The third-order valence-corrected chi connectivity index (χ3v) is 2.29. The van der Waals surface area contributed by atoms with Gasteiger partial charge in [-0.3, -0.25) is 4.79 Å². The highest BCUT2D eigenvalue weighted by molar-refractivity contribution is 6.03. The first-order valence-corrected chi connectivity index (χ1v) is 4.55. The van der Waals surface area contributed by atoms with Crippen molar-refractivity contribution in [2.75, 3.05) is 0 Å². The lowest BCUT2D eigenvalue weighted by Crippen LogP contribution is -2.12. The number of hydrogen-bond acceptors (Lipinski definition) is 3. The van der Waals surface area contributed by atoms with Gasteiger partial charge >= 0.3 is 0 Å². The van der Waals surface area contributed by atoms with E-state index in [9.17, 15) is 4.79 Å². The van der Waals surface area contributed by atoms with Gasteiger partial charge in [-0.1, -0.05) is 6.07 Å². The summed E-state index contributed by atoms with van der Waals surface area (Å²) in [5, 5.41) is 0. The summed E-state index contributed by atoms with van der Waals surface area (Å²) in [6.07, 6.45) is 0. The zero-order valence-corrected chi connectivity index (χ0v) is 8.53. The van der Waals surface area contributed by atoms with Crippen LogP contribution in [0.3, 0.4) is 0 Å². The number of fused-ring (bicyclic) bond motifs is 1. The second kappa shape index (κ2) is 3.31. The molecule has 0 saturated heterocycles. The van der Waals surface area contributed by atoms with Crippen LogP contribution in [-0.4, -0.2) is 15.9 Å².